The van der Waals surface area contributed by atoms with Crippen LogP contribution in [0, 0.1) is 5.92 Å². The number of halogens is 3. The van der Waals surface area contributed by atoms with E-state index in [-0.39, 0.29) is 25.1 Å². The monoisotopic (exact) mass is 346 g/mol. The first-order valence-electron chi connectivity index (χ1n) is 7.78. The average molecular weight is 346 g/mol. The summed E-state index contributed by atoms with van der Waals surface area (Å²) >= 11 is 0. The number of amides is 2. The Morgan fingerprint density at radius 2 is 2.08 bits per heavy atom. The lowest BCUT2D eigenvalue weighted by Gasteiger charge is -2.18. The zero-order valence-electron chi connectivity index (χ0n) is 13.3. The molecule has 2 N–H and O–H groups in total. The minimum atomic E-state index is -4.37. The van der Waals surface area contributed by atoms with Crippen molar-refractivity contribution in [2.24, 2.45) is 5.92 Å². The Hall–Kier alpha value is -1.96. The van der Waals surface area contributed by atoms with Crippen LogP contribution in [0.1, 0.15) is 18.9 Å². The molecule has 1 aliphatic rings. The highest BCUT2D eigenvalue weighted by molar-refractivity contribution is 5.74. The number of rotatable bonds is 5. The van der Waals surface area contributed by atoms with Gasteiger partial charge in [-0.1, -0.05) is 0 Å². The second-order valence-corrected chi connectivity index (χ2v) is 5.84. The Bertz CT molecular complexity index is 546. The van der Waals surface area contributed by atoms with Gasteiger partial charge in [-0.3, -0.25) is 0 Å². The van der Waals surface area contributed by atoms with Gasteiger partial charge in [0.2, 0.25) is 0 Å². The highest BCUT2D eigenvalue weighted by Crippen LogP contribution is 2.30. The van der Waals surface area contributed by atoms with E-state index in [1.54, 1.807) is 11.8 Å². The topological polar surface area (TPSA) is 61.8 Å². The number of carbonyl (C=O) groups is 1. The van der Waals surface area contributed by atoms with E-state index in [4.69, 9.17) is 4.74 Å². The van der Waals surface area contributed by atoms with Crippen molar-refractivity contribution in [3.8, 4) is 5.75 Å². The third-order valence-electron chi connectivity index (χ3n) is 4.02. The molecule has 0 aromatic heterocycles. The van der Waals surface area contributed by atoms with Gasteiger partial charge >= 0.3 is 12.2 Å². The van der Waals surface area contributed by atoms with Crippen molar-refractivity contribution in [2.75, 3.05) is 26.2 Å². The van der Waals surface area contributed by atoms with E-state index in [0.29, 0.717) is 18.8 Å². The van der Waals surface area contributed by atoms with Gasteiger partial charge in [0.05, 0.1) is 18.2 Å². The van der Waals surface area contributed by atoms with Crippen LogP contribution in [-0.2, 0) is 6.18 Å². The predicted molar refractivity (Wildman–Crippen MR) is 81.7 cm³/mol. The first-order valence-corrected chi connectivity index (χ1v) is 7.78. The van der Waals surface area contributed by atoms with Gasteiger partial charge in [-0.25, -0.2) is 4.79 Å². The van der Waals surface area contributed by atoms with Crippen molar-refractivity contribution in [1.29, 1.82) is 0 Å². The summed E-state index contributed by atoms with van der Waals surface area (Å²) in [7, 11) is 0. The SMILES string of the molecule is C[C@@H](O)[C@H]1CCN(C(=O)NCCOc2ccc(C(F)(F)F)cc2)C1. The van der Waals surface area contributed by atoms with Crippen LogP contribution in [0.25, 0.3) is 0 Å². The summed E-state index contributed by atoms with van der Waals surface area (Å²) in [5, 5.41) is 12.2. The fraction of sp³-hybridized carbons (Fsp3) is 0.562. The zero-order chi connectivity index (χ0) is 17.7. The van der Waals surface area contributed by atoms with Gasteiger partial charge in [-0.05, 0) is 37.6 Å². The Labute approximate surface area is 138 Å². The minimum absolute atomic E-state index is 0.0964. The minimum Gasteiger partial charge on any atom is -0.492 e. The number of alkyl halides is 3. The Balaban J connectivity index is 1.69. The molecule has 134 valence electrons. The van der Waals surface area contributed by atoms with Gasteiger partial charge in [0.25, 0.3) is 0 Å². The number of nitrogens with zero attached hydrogens (tertiary/aromatic N) is 1. The fourth-order valence-electron chi connectivity index (χ4n) is 2.54. The van der Waals surface area contributed by atoms with Crippen molar-refractivity contribution in [2.45, 2.75) is 25.6 Å². The largest absolute Gasteiger partial charge is 0.492 e. The van der Waals surface area contributed by atoms with Crippen molar-refractivity contribution >= 4 is 6.03 Å². The lowest BCUT2D eigenvalue weighted by Crippen LogP contribution is -2.40. The Morgan fingerprint density at radius 1 is 1.42 bits per heavy atom. The maximum atomic E-state index is 12.4. The van der Waals surface area contributed by atoms with Gasteiger partial charge in [-0.2, -0.15) is 13.2 Å². The van der Waals surface area contributed by atoms with Gasteiger partial charge in [-0.15, -0.1) is 0 Å². The summed E-state index contributed by atoms with van der Waals surface area (Å²) in [5.41, 5.74) is -0.732. The molecule has 0 radical (unpaired) electrons. The molecular weight excluding hydrogens is 325 g/mol. The van der Waals surface area contributed by atoms with Crippen LogP contribution in [-0.4, -0.2) is 48.4 Å². The van der Waals surface area contributed by atoms with Crippen LogP contribution in [0.5, 0.6) is 5.75 Å². The zero-order valence-corrected chi connectivity index (χ0v) is 13.3. The summed E-state index contributed by atoms with van der Waals surface area (Å²) < 4.78 is 42.6. The molecule has 0 bridgehead atoms. The molecule has 2 rings (SSSR count). The maximum absolute atomic E-state index is 12.4. The second kappa shape index (κ2) is 7.74. The molecule has 1 heterocycles. The summed E-state index contributed by atoms with van der Waals surface area (Å²) in [5.74, 6) is 0.409. The van der Waals surface area contributed by atoms with Gasteiger partial charge < -0.3 is 20.1 Å². The summed E-state index contributed by atoms with van der Waals surface area (Å²) in [6.45, 7) is 3.23. The molecule has 8 heteroatoms. The molecule has 5 nitrogen and oxygen atoms in total. The van der Waals surface area contributed by atoms with Crippen LogP contribution in [0.2, 0.25) is 0 Å². The Kier molecular flexibility index (Phi) is 5.93. The molecule has 0 saturated carbocycles. The highest BCUT2D eigenvalue weighted by Gasteiger charge is 2.30. The number of hydrogen-bond acceptors (Lipinski definition) is 3. The van der Waals surface area contributed by atoms with Crippen molar-refractivity contribution in [3.05, 3.63) is 29.8 Å². The number of carbonyl (C=O) groups excluding carboxylic acids is 1. The maximum Gasteiger partial charge on any atom is 0.416 e. The molecule has 1 fully saturated rings. The number of nitrogens with one attached hydrogen (secondary N) is 1. The third-order valence-corrected chi connectivity index (χ3v) is 4.02. The highest BCUT2D eigenvalue weighted by atomic mass is 19.4. The lowest BCUT2D eigenvalue weighted by atomic mass is 10.0. The Morgan fingerprint density at radius 3 is 2.62 bits per heavy atom. The van der Waals surface area contributed by atoms with Gasteiger partial charge in [0.1, 0.15) is 12.4 Å². The van der Waals surface area contributed by atoms with Crippen LogP contribution in [0.3, 0.4) is 0 Å². The first kappa shape index (κ1) is 18.4. The van der Waals surface area contributed by atoms with Crippen LogP contribution >= 0.6 is 0 Å². The van der Waals surface area contributed by atoms with Gasteiger partial charge in [0.15, 0.2) is 0 Å². The van der Waals surface area contributed by atoms with E-state index in [0.717, 1.165) is 18.6 Å². The van der Waals surface area contributed by atoms with E-state index in [2.05, 4.69) is 5.32 Å². The molecule has 1 aromatic carbocycles. The number of ether oxygens (including phenoxy) is 1. The average Bonchev–Trinajstić information content (AvgIpc) is 3.01. The van der Waals surface area contributed by atoms with E-state index in [1.165, 1.54) is 12.1 Å². The molecule has 2 amide bonds. The molecule has 1 aliphatic heterocycles. The van der Waals surface area contributed by atoms with Crippen LogP contribution < -0.4 is 10.1 Å². The summed E-state index contributed by atoms with van der Waals surface area (Å²) in [4.78, 5) is 13.6. The molecule has 0 unspecified atom stereocenters. The van der Waals surface area contributed by atoms with Crippen LogP contribution in [0.15, 0.2) is 24.3 Å². The molecule has 24 heavy (non-hydrogen) atoms. The lowest BCUT2D eigenvalue weighted by molar-refractivity contribution is -0.137. The van der Waals surface area contributed by atoms with E-state index >= 15 is 0 Å². The van der Waals surface area contributed by atoms with Crippen molar-refractivity contribution in [1.82, 2.24) is 10.2 Å². The fourth-order valence-corrected chi connectivity index (χ4v) is 2.54. The van der Waals surface area contributed by atoms with E-state index < -0.39 is 17.8 Å². The molecule has 1 saturated heterocycles. The van der Waals surface area contributed by atoms with Gasteiger partial charge in [0, 0.05) is 19.0 Å². The molecule has 2 atom stereocenters. The standard InChI is InChI=1S/C16H21F3N2O3/c1-11(22)12-6-8-21(10-12)15(23)20-7-9-24-14-4-2-13(3-5-14)16(17,18)19/h2-5,11-12,22H,6-10H2,1H3,(H,20,23)/t11-,12+/m1/s1. The predicted octanol–water partition coefficient (Wildman–Crippen LogP) is 2.50. The molecule has 0 spiro atoms. The first-order chi connectivity index (χ1) is 11.3. The normalized spacial score (nSPS) is 19.2. The third kappa shape index (κ3) is 5.02. The molecular formula is C16H21F3N2O3. The number of aliphatic hydroxyl groups excluding tert-OH is 1. The smallest absolute Gasteiger partial charge is 0.416 e. The van der Waals surface area contributed by atoms with Crippen LogP contribution in [0.4, 0.5) is 18.0 Å². The quantitative estimate of drug-likeness (QED) is 0.806. The van der Waals surface area contributed by atoms with Crippen molar-refractivity contribution in [3.63, 3.8) is 0 Å². The number of aliphatic hydroxyl groups is 1. The molecule has 1 aromatic rings. The number of hydrogen-bond donors (Lipinski definition) is 2. The molecule has 0 aliphatic carbocycles. The van der Waals surface area contributed by atoms with E-state index in [1.807, 2.05) is 0 Å². The number of likely N-dealkylation sites (tertiary alicyclic amines) is 1. The number of urea groups is 1. The number of benzene rings is 1. The van der Waals surface area contributed by atoms with E-state index in [9.17, 15) is 23.1 Å². The van der Waals surface area contributed by atoms with Crippen molar-refractivity contribution < 1.29 is 27.8 Å². The summed E-state index contributed by atoms with van der Waals surface area (Å²) in [6, 6.07) is 4.17. The summed E-state index contributed by atoms with van der Waals surface area (Å²) in [6.07, 6.45) is -4.04. The second-order valence-electron chi connectivity index (χ2n) is 5.84.